The van der Waals surface area contributed by atoms with E-state index in [0.717, 1.165) is 5.56 Å². The number of ether oxygens (including phenoxy) is 4. The van der Waals surface area contributed by atoms with Crippen LogP contribution in [0.5, 0.6) is 0 Å². The maximum absolute atomic E-state index is 14.2. The number of esters is 1. The van der Waals surface area contributed by atoms with Crippen molar-refractivity contribution in [2.75, 3.05) is 26.5 Å². The third kappa shape index (κ3) is 11.3. The molecule has 1 aromatic carbocycles. The van der Waals surface area contributed by atoms with Gasteiger partial charge >= 0.3 is 5.97 Å². The number of likely N-dealkylation sites (N-methyl/N-ethyl adjacent to an activating group) is 1. The van der Waals surface area contributed by atoms with E-state index in [0.29, 0.717) is 23.5 Å². The number of carbonyl (C=O) groups excluding carboxylic acids is 3. The lowest BCUT2D eigenvalue weighted by Gasteiger charge is -2.47. The zero-order valence-electron chi connectivity index (χ0n) is 35.0. The highest BCUT2D eigenvalue weighted by Gasteiger charge is 2.51. The van der Waals surface area contributed by atoms with Gasteiger partial charge in [0.25, 0.3) is 0 Å². The van der Waals surface area contributed by atoms with E-state index in [4.69, 9.17) is 18.9 Å². The summed E-state index contributed by atoms with van der Waals surface area (Å²) in [5.41, 5.74) is -0.752. The van der Waals surface area contributed by atoms with Crippen LogP contribution in [0, 0.1) is 30.6 Å². The van der Waals surface area contributed by atoms with Crippen LogP contribution in [0.25, 0.3) is 0 Å². The van der Waals surface area contributed by atoms with Crippen LogP contribution in [0.2, 0.25) is 0 Å². The van der Waals surface area contributed by atoms with Gasteiger partial charge in [0.05, 0.1) is 30.3 Å². The molecule has 1 amide bonds. The number of nitrogens with zero attached hydrogens (tertiary/aromatic N) is 3. The topological polar surface area (TPSA) is 189 Å². The molecule has 0 radical (unpaired) electrons. The van der Waals surface area contributed by atoms with Crippen molar-refractivity contribution in [1.82, 2.24) is 4.90 Å². The number of benzene rings is 1. The van der Waals surface area contributed by atoms with E-state index in [2.05, 4.69) is 15.5 Å². The number of cyclic esters (lactones) is 1. The predicted molar refractivity (Wildman–Crippen MR) is 211 cm³/mol. The summed E-state index contributed by atoms with van der Waals surface area (Å²) in [7, 11) is 5.22. The van der Waals surface area contributed by atoms with Crippen molar-refractivity contribution in [3.8, 4) is 0 Å². The molecule has 14 heteroatoms. The Morgan fingerprint density at radius 3 is 2.24 bits per heavy atom. The summed E-state index contributed by atoms with van der Waals surface area (Å²) in [6.07, 6.45) is -5.39. The molecule has 4 N–H and O–H groups in total. The first-order valence-corrected chi connectivity index (χ1v) is 19.4. The van der Waals surface area contributed by atoms with E-state index in [9.17, 15) is 29.7 Å². The average Bonchev–Trinajstić information content (AvgIpc) is 3.12. The molecule has 310 valence electrons. The number of aliphatic hydroxyl groups excluding tert-OH is 2. The fourth-order valence-corrected chi connectivity index (χ4v) is 7.89. The van der Waals surface area contributed by atoms with Gasteiger partial charge in [-0.1, -0.05) is 45.4 Å². The van der Waals surface area contributed by atoms with Crippen molar-refractivity contribution < 1.29 is 48.7 Å². The first-order valence-electron chi connectivity index (χ1n) is 19.4. The van der Waals surface area contributed by atoms with E-state index in [1.807, 2.05) is 64.0 Å². The Morgan fingerprint density at radius 1 is 1.05 bits per heavy atom. The molecule has 2 saturated heterocycles. The molecular formula is C41H66N4O10. The quantitative estimate of drug-likeness (QED) is 0.121. The number of hydrogen-bond donors (Lipinski definition) is 4. The lowest BCUT2D eigenvalue weighted by molar-refractivity contribution is -0.295. The third-order valence-electron chi connectivity index (χ3n) is 11.4. The highest BCUT2D eigenvalue weighted by Crippen LogP contribution is 2.38. The highest BCUT2D eigenvalue weighted by atomic mass is 16.7. The van der Waals surface area contributed by atoms with Gasteiger partial charge in [-0.15, -0.1) is 0 Å². The van der Waals surface area contributed by atoms with Gasteiger partial charge in [0.1, 0.15) is 23.7 Å². The number of nitrogens with one attached hydrogen (secondary N) is 1. The summed E-state index contributed by atoms with van der Waals surface area (Å²) in [5.74, 6) is -5.24. The summed E-state index contributed by atoms with van der Waals surface area (Å²) in [4.78, 5) is 42.6. The number of aliphatic hydroxyl groups is 3. The van der Waals surface area contributed by atoms with Crippen LogP contribution in [0.15, 0.2) is 34.5 Å². The zero-order valence-corrected chi connectivity index (χ0v) is 35.0. The second-order valence-corrected chi connectivity index (χ2v) is 16.4. The molecule has 0 bridgehead atoms. The van der Waals surface area contributed by atoms with Crippen LogP contribution in [0.4, 0.5) is 5.69 Å². The van der Waals surface area contributed by atoms with E-state index in [-0.39, 0.29) is 37.3 Å². The standard InChI is InChI=1S/C41H66N4O10/c1-14-31-41(10,51)36(49)26(6)33(44-43-24(4)19-32(46)42-29-17-15-22(2)16-18-29)23(3)21-40(9,52-13)37(27(7)34(47)28(8)38(50)54-31)55-39-35(48)30(45(11)12)20-25(5)53-39/h15-18,23,25-28,30-31,35-37,39,48-49,51H,14,19-21H2,1-13H3,(H,42,46)/b43-24+,44-33+/t23-,25?,26+,27+,28-,30?,31-,35?,36-,37-,39?,40-,41-/m1/s1. The number of aryl methyl sites for hydroxylation is 1. The van der Waals surface area contributed by atoms with Crippen molar-refractivity contribution in [3.63, 3.8) is 0 Å². The van der Waals surface area contributed by atoms with Crippen LogP contribution >= 0.6 is 0 Å². The fourth-order valence-electron chi connectivity index (χ4n) is 7.89. The van der Waals surface area contributed by atoms with Gasteiger partial charge in [0.2, 0.25) is 5.91 Å². The number of anilines is 1. The number of hydrogen-bond acceptors (Lipinski definition) is 13. The Kier molecular flexibility index (Phi) is 16.3. The molecule has 0 aliphatic carbocycles. The smallest absolute Gasteiger partial charge is 0.316 e. The van der Waals surface area contributed by atoms with Crippen molar-refractivity contribution in [2.24, 2.45) is 33.9 Å². The molecule has 1 aromatic rings. The van der Waals surface area contributed by atoms with Gasteiger partial charge < -0.3 is 44.5 Å². The first kappa shape index (κ1) is 46.3. The number of methoxy groups -OCH3 is 1. The second kappa shape index (κ2) is 19.4. The lowest BCUT2D eigenvalue weighted by atomic mass is 9.74. The molecule has 14 nitrogen and oxygen atoms in total. The molecular weight excluding hydrogens is 708 g/mol. The van der Waals surface area contributed by atoms with Crippen molar-refractivity contribution in [2.45, 2.75) is 149 Å². The van der Waals surface area contributed by atoms with Gasteiger partial charge in [-0.25, -0.2) is 0 Å². The first-order chi connectivity index (χ1) is 25.6. The summed E-state index contributed by atoms with van der Waals surface area (Å²) in [6, 6.07) is 7.13. The number of ketones is 1. The minimum absolute atomic E-state index is 0.0544. The molecule has 4 unspecified atom stereocenters. The van der Waals surface area contributed by atoms with Crippen LogP contribution in [0.3, 0.4) is 0 Å². The minimum Gasteiger partial charge on any atom is -0.459 e. The van der Waals surface area contributed by atoms with E-state index < -0.39 is 77.3 Å². The average molecular weight is 775 g/mol. The van der Waals surface area contributed by atoms with E-state index in [1.54, 1.807) is 34.6 Å². The van der Waals surface area contributed by atoms with Crippen molar-refractivity contribution in [3.05, 3.63) is 29.8 Å². The Labute approximate surface area is 327 Å². The minimum atomic E-state index is -1.96. The number of rotatable bonds is 9. The predicted octanol–water partition coefficient (Wildman–Crippen LogP) is 4.31. The van der Waals surface area contributed by atoms with Crippen LogP contribution in [-0.2, 0) is 33.3 Å². The normalized spacial score (nSPS) is 38.1. The van der Waals surface area contributed by atoms with Gasteiger partial charge in [0, 0.05) is 42.1 Å². The van der Waals surface area contributed by atoms with Gasteiger partial charge in [0.15, 0.2) is 12.1 Å². The maximum Gasteiger partial charge on any atom is 0.316 e. The van der Waals surface area contributed by atoms with Crippen LogP contribution < -0.4 is 5.32 Å². The molecule has 0 saturated carbocycles. The largest absolute Gasteiger partial charge is 0.459 e. The van der Waals surface area contributed by atoms with Crippen LogP contribution in [0.1, 0.15) is 93.6 Å². The van der Waals surface area contributed by atoms with Gasteiger partial charge in [-0.2, -0.15) is 10.2 Å². The monoisotopic (exact) mass is 774 g/mol. The number of carbonyl (C=O) groups is 3. The molecule has 0 aromatic heterocycles. The molecule has 2 heterocycles. The summed E-state index contributed by atoms with van der Waals surface area (Å²) < 4.78 is 24.8. The molecule has 3 rings (SSSR count). The Hall–Kier alpha value is -3.11. The van der Waals surface area contributed by atoms with Crippen molar-refractivity contribution in [1.29, 1.82) is 0 Å². The van der Waals surface area contributed by atoms with E-state index in [1.165, 1.54) is 21.0 Å². The molecule has 2 fully saturated rings. The summed E-state index contributed by atoms with van der Waals surface area (Å²) in [6.45, 7) is 17.1. The molecule has 13 atom stereocenters. The number of Topliss-reactive ketones (excluding diaryl/α,β-unsaturated/α-hetero) is 1. The molecule has 0 spiro atoms. The van der Waals surface area contributed by atoms with Gasteiger partial charge in [-0.3, -0.25) is 14.4 Å². The van der Waals surface area contributed by atoms with Crippen LogP contribution in [-0.4, -0.2) is 125 Å². The third-order valence-corrected chi connectivity index (χ3v) is 11.4. The molecule has 55 heavy (non-hydrogen) atoms. The Balaban J connectivity index is 2.13. The fraction of sp³-hybridized carbons (Fsp3) is 0.732. The SMILES string of the molecule is CC[C@H]1OC(=O)[C@H](C)C(=O)[C@H](C)[C@@H](OC2OC(C)CC(N(C)C)C2O)[C@](C)(OC)C[C@@H](C)/C(=N\N=C(/C)CC(=O)Nc2ccc(C)cc2)[C@H](C)[C@@H](O)[C@]1(C)O. The molecule has 2 aliphatic rings. The summed E-state index contributed by atoms with van der Waals surface area (Å²) in [5, 5.41) is 47.0. The number of amides is 1. The van der Waals surface area contributed by atoms with E-state index >= 15 is 0 Å². The molecule has 2 aliphatic heterocycles. The Bertz CT molecular complexity index is 1530. The summed E-state index contributed by atoms with van der Waals surface area (Å²) >= 11 is 0. The maximum atomic E-state index is 14.2. The highest BCUT2D eigenvalue weighted by molar-refractivity contribution is 6.05. The lowest BCUT2D eigenvalue weighted by Crippen LogP contribution is -2.60. The zero-order chi connectivity index (χ0) is 41.6. The van der Waals surface area contributed by atoms with Gasteiger partial charge in [-0.05, 0) is 93.0 Å². The van der Waals surface area contributed by atoms with Crippen molar-refractivity contribution >= 4 is 34.8 Å². The second-order valence-electron chi connectivity index (χ2n) is 16.4. The Morgan fingerprint density at radius 2 is 1.67 bits per heavy atom.